The van der Waals surface area contributed by atoms with Crippen molar-refractivity contribution in [3.63, 3.8) is 0 Å². The Balaban J connectivity index is 1.43. The molecule has 0 N–H and O–H groups in total. The Morgan fingerprint density at radius 2 is 1.42 bits per heavy atom. The number of rotatable bonds is 9. The van der Waals surface area contributed by atoms with Crippen LogP contribution in [0.15, 0.2) is 89.8 Å². The number of ether oxygens (including phenoxy) is 1. The second-order valence-corrected chi connectivity index (χ2v) is 10.4. The Kier molecular flexibility index (Phi) is 7.81. The summed E-state index contributed by atoms with van der Waals surface area (Å²) >= 11 is 0. The van der Waals surface area contributed by atoms with Crippen molar-refractivity contribution in [2.45, 2.75) is 36.7 Å². The lowest BCUT2D eigenvalue weighted by Crippen LogP contribution is -2.47. The zero-order valence-corrected chi connectivity index (χ0v) is 20.0. The van der Waals surface area contributed by atoms with E-state index in [-0.39, 0.29) is 0 Å². The van der Waals surface area contributed by atoms with Crippen LogP contribution in [0.5, 0.6) is 5.75 Å². The number of benzene rings is 3. The summed E-state index contributed by atoms with van der Waals surface area (Å²) < 4.78 is 33.1. The molecule has 0 aromatic heterocycles. The molecule has 0 radical (unpaired) electrons. The van der Waals surface area contributed by atoms with Crippen molar-refractivity contribution in [3.05, 3.63) is 96.1 Å². The van der Waals surface area contributed by atoms with Crippen LogP contribution in [0.1, 0.15) is 24.0 Å². The van der Waals surface area contributed by atoms with E-state index in [0.29, 0.717) is 29.8 Å². The summed E-state index contributed by atoms with van der Waals surface area (Å²) in [4.78, 5) is 2.85. The van der Waals surface area contributed by atoms with Crippen LogP contribution in [-0.2, 0) is 23.0 Å². The van der Waals surface area contributed by atoms with Crippen LogP contribution in [0.2, 0.25) is 0 Å². The molecule has 6 heteroatoms. The van der Waals surface area contributed by atoms with Gasteiger partial charge >= 0.3 is 0 Å². The maximum absolute atomic E-state index is 13.1. The smallest absolute Gasteiger partial charge is 0.243 e. The molecule has 0 aliphatic carbocycles. The van der Waals surface area contributed by atoms with Crippen LogP contribution in [0, 0.1) is 0 Å². The van der Waals surface area contributed by atoms with E-state index in [0.717, 1.165) is 32.4 Å². The second-order valence-electron chi connectivity index (χ2n) is 8.50. The van der Waals surface area contributed by atoms with Crippen molar-refractivity contribution >= 4 is 10.0 Å². The average molecular weight is 465 g/mol. The molecule has 0 bridgehead atoms. The summed E-state index contributed by atoms with van der Waals surface area (Å²) in [6, 6.07) is 28.1. The molecular formula is C27H32N2O3S. The second kappa shape index (κ2) is 11.0. The minimum Gasteiger partial charge on any atom is -0.497 e. The predicted molar refractivity (Wildman–Crippen MR) is 132 cm³/mol. The molecule has 1 fully saturated rings. The molecular weight excluding hydrogens is 432 g/mol. The molecule has 0 saturated carbocycles. The van der Waals surface area contributed by atoms with Crippen LogP contribution < -0.4 is 4.74 Å². The summed E-state index contributed by atoms with van der Waals surface area (Å²) in [5.74, 6) is 0.655. The van der Waals surface area contributed by atoms with Crippen LogP contribution >= 0.6 is 0 Å². The highest BCUT2D eigenvalue weighted by Crippen LogP contribution is 2.25. The van der Waals surface area contributed by atoms with Crippen molar-refractivity contribution < 1.29 is 13.2 Å². The van der Waals surface area contributed by atoms with E-state index in [9.17, 15) is 8.42 Å². The van der Waals surface area contributed by atoms with Crippen molar-refractivity contribution in [2.24, 2.45) is 0 Å². The van der Waals surface area contributed by atoms with E-state index in [2.05, 4.69) is 53.4 Å². The quantitative estimate of drug-likeness (QED) is 0.465. The highest BCUT2D eigenvalue weighted by atomic mass is 32.2. The van der Waals surface area contributed by atoms with Gasteiger partial charge in [-0.2, -0.15) is 4.31 Å². The van der Waals surface area contributed by atoms with E-state index < -0.39 is 10.0 Å². The van der Waals surface area contributed by atoms with E-state index in [1.54, 1.807) is 35.7 Å². The van der Waals surface area contributed by atoms with Gasteiger partial charge in [0.15, 0.2) is 0 Å². The third-order valence-corrected chi connectivity index (χ3v) is 8.31. The van der Waals surface area contributed by atoms with Crippen LogP contribution in [-0.4, -0.2) is 50.4 Å². The van der Waals surface area contributed by atoms with Crippen molar-refractivity contribution in [1.82, 2.24) is 9.21 Å². The first-order valence-corrected chi connectivity index (χ1v) is 13.0. The Labute approximate surface area is 197 Å². The molecule has 4 rings (SSSR count). The van der Waals surface area contributed by atoms with Crippen LogP contribution in [0.3, 0.4) is 0 Å². The fraction of sp³-hybridized carbons (Fsp3) is 0.333. The third-order valence-electron chi connectivity index (χ3n) is 6.40. The van der Waals surface area contributed by atoms with Gasteiger partial charge in [0.2, 0.25) is 10.0 Å². The summed E-state index contributed by atoms with van der Waals surface area (Å²) in [6.45, 7) is 2.91. The SMILES string of the molecule is COc1ccc(S(=O)(=O)N2CCC(N(CCc3ccccc3)Cc3ccccc3)CC2)cc1. The maximum Gasteiger partial charge on any atom is 0.243 e. The van der Waals surface area contributed by atoms with E-state index >= 15 is 0 Å². The van der Waals surface area contributed by atoms with Gasteiger partial charge in [0, 0.05) is 32.2 Å². The molecule has 1 aliphatic heterocycles. The minimum absolute atomic E-state index is 0.326. The lowest BCUT2D eigenvalue weighted by atomic mass is 10.0. The zero-order valence-electron chi connectivity index (χ0n) is 19.1. The highest BCUT2D eigenvalue weighted by Gasteiger charge is 2.31. The van der Waals surface area contributed by atoms with E-state index in [4.69, 9.17) is 4.74 Å². The van der Waals surface area contributed by atoms with Gasteiger partial charge in [-0.15, -0.1) is 0 Å². The van der Waals surface area contributed by atoms with Crippen molar-refractivity contribution in [3.8, 4) is 5.75 Å². The number of hydrogen-bond acceptors (Lipinski definition) is 4. The van der Waals surface area contributed by atoms with E-state index in [1.807, 2.05) is 12.1 Å². The highest BCUT2D eigenvalue weighted by molar-refractivity contribution is 7.89. The first-order chi connectivity index (χ1) is 16.1. The Morgan fingerprint density at radius 1 is 0.848 bits per heavy atom. The Morgan fingerprint density at radius 3 is 2.00 bits per heavy atom. The number of sulfonamides is 1. The molecule has 0 unspecified atom stereocenters. The molecule has 1 heterocycles. The van der Waals surface area contributed by atoms with Gasteiger partial charge in [-0.05, 0) is 54.7 Å². The van der Waals surface area contributed by atoms with Gasteiger partial charge in [0.05, 0.1) is 12.0 Å². The van der Waals surface area contributed by atoms with Gasteiger partial charge < -0.3 is 4.74 Å². The summed E-state index contributed by atoms with van der Waals surface area (Å²) in [7, 11) is -1.91. The predicted octanol–water partition coefficient (Wildman–Crippen LogP) is 4.59. The van der Waals surface area contributed by atoms with Crippen molar-refractivity contribution in [1.29, 1.82) is 0 Å². The van der Waals surface area contributed by atoms with Gasteiger partial charge in [0.25, 0.3) is 0 Å². The lowest BCUT2D eigenvalue weighted by molar-refractivity contribution is 0.133. The topological polar surface area (TPSA) is 49.9 Å². The Bertz CT molecular complexity index is 1100. The molecule has 0 atom stereocenters. The molecule has 3 aromatic rings. The molecule has 1 saturated heterocycles. The average Bonchev–Trinajstić information content (AvgIpc) is 2.88. The molecule has 3 aromatic carbocycles. The number of methoxy groups -OCH3 is 1. The largest absolute Gasteiger partial charge is 0.497 e. The standard InChI is InChI=1S/C27H32N2O3S/c1-32-26-12-14-27(15-13-26)33(30,31)29-20-17-25(18-21-29)28(22-24-10-6-3-7-11-24)19-16-23-8-4-2-5-9-23/h2-15,25H,16-22H2,1H3. The van der Waals surface area contributed by atoms with Gasteiger partial charge in [-0.3, -0.25) is 4.90 Å². The summed E-state index contributed by atoms with van der Waals surface area (Å²) in [6.07, 6.45) is 2.64. The summed E-state index contributed by atoms with van der Waals surface area (Å²) in [5.41, 5.74) is 2.62. The number of nitrogens with zero attached hydrogens (tertiary/aromatic N) is 2. The molecule has 0 spiro atoms. The molecule has 174 valence electrons. The van der Waals surface area contributed by atoms with Crippen LogP contribution in [0.25, 0.3) is 0 Å². The molecule has 33 heavy (non-hydrogen) atoms. The molecule has 0 amide bonds. The zero-order chi connectivity index (χ0) is 23.1. The Hall–Kier alpha value is -2.67. The van der Waals surface area contributed by atoms with Crippen LogP contribution in [0.4, 0.5) is 0 Å². The van der Waals surface area contributed by atoms with Crippen molar-refractivity contribution in [2.75, 3.05) is 26.7 Å². The maximum atomic E-state index is 13.1. The molecule has 1 aliphatic rings. The lowest BCUT2D eigenvalue weighted by Gasteiger charge is -2.38. The number of piperidine rings is 1. The third kappa shape index (κ3) is 6.02. The first-order valence-electron chi connectivity index (χ1n) is 11.5. The normalized spacial score (nSPS) is 15.6. The molecule has 5 nitrogen and oxygen atoms in total. The van der Waals surface area contributed by atoms with Gasteiger partial charge in [0.1, 0.15) is 5.75 Å². The first kappa shape index (κ1) is 23.5. The van der Waals surface area contributed by atoms with E-state index in [1.165, 1.54) is 11.1 Å². The fourth-order valence-corrected chi connectivity index (χ4v) is 5.94. The summed E-state index contributed by atoms with van der Waals surface area (Å²) in [5, 5.41) is 0. The minimum atomic E-state index is -3.49. The fourth-order valence-electron chi connectivity index (χ4n) is 4.47. The number of hydrogen-bond donors (Lipinski definition) is 0. The van der Waals surface area contributed by atoms with Gasteiger partial charge in [-0.25, -0.2) is 8.42 Å². The van der Waals surface area contributed by atoms with Gasteiger partial charge in [-0.1, -0.05) is 60.7 Å². The monoisotopic (exact) mass is 464 g/mol.